The SMILES string of the molecule is Cn1cnc([N+](=O)[O-])c1NCC(O)c1ccccc1. The molecule has 0 spiro atoms. The lowest BCUT2D eigenvalue weighted by Crippen LogP contribution is -2.14. The Morgan fingerprint density at radius 3 is 2.79 bits per heavy atom. The molecule has 2 N–H and O–H groups in total. The standard InChI is InChI=1S/C12H14N4O3/c1-15-8-14-12(16(18)19)11(15)13-7-10(17)9-5-3-2-4-6-9/h2-6,8,10,13,17H,7H2,1H3. The summed E-state index contributed by atoms with van der Waals surface area (Å²) in [4.78, 5) is 13.9. The number of nitro groups is 1. The van der Waals surface area contributed by atoms with Gasteiger partial charge in [-0.2, -0.15) is 0 Å². The van der Waals surface area contributed by atoms with E-state index in [-0.39, 0.29) is 18.2 Å². The van der Waals surface area contributed by atoms with Crippen molar-refractivity contribution in [1.29, 1.82) is 0 Å². The summed E-state index contributed by atoms with van der Waals surface area (Å²) in [6, 6.07) is 9.10. The number of aryl methyl sites for hydroxylation is 1. The first kappa shape index (κ1) is 13.0. The molecule has 0 bridgehead atoms. The van der Waals surface area contributed by atoms with Crippen molar-refractivity contribution in [3.05, 3.63) is 52.3 Å². The number of rotatable bonds is 5. The topological polar surface area (TPSA) is 93.2 Å². The van der Waals surface area contributed by atoms with Crippen molar-refractivity contribution < 1.29 is 10.0 Å². The molecule has 2 rings (SSSR count). The van der Waals surface area contributed by atoms with Gasteiger partial charge in [0.15, 0.2) is 0 Å². The third kappa shape index (κ3) is 2.89. The van der Waals surface area contributed by atoms with E-state index in [9.17, 15) is 15.2 Å². The van der Waals surface area contributed by atoms with E-state index in [2.05, 4.69) is 10.3 Å². The van der Waals surface area contributed by atoms with Gasteiger partial charge in [-0.25, -0.2) is 0 Å². The number of aliphatic hydroxyl groups is 1. The first-order chi connectivity index (χ1) is 9.09. The Bertz CT molecular complexity index is 568. The van der Waals surface area contributed by atoms with Crippen LogP contribution in [0.5, 0.6) is 0 Å². The van der Waals surface area contributed by atoms with Crippen LogP contribution in [-0.2, 0) is 7.05 Å². The Morgan fingerprint density at radius 1 is 1.47 bits per heavy atom. The van der Waals surface area contributed by atoms with Gasteiger partial charge >= 0.3 is 5.82 Å². The van der Waals surface area contributed by atoms with Gasteiger partial charge in [0.05, 0.1) is 6.10 Å². The summed E-state index contributed by atoms with van der Waals surface area (Å²) >= 11 is 0. The summed E-state index contributed by atoms with van der Waals surface area (Å²) in [6.07, 6.45) is 0.616. The molecule has 0 amide bonds. The van der Waals surface area contributed by atoms with E-state index in [4.69, 9.17) is 0 Å². The van der Waals surface area contributed by atoms with Crippen molar-refractivity contribution in [2.45, 2.75) is 6.10 Å². The van der Waals surface area contributed by atoms with E-state index < -0.39 is 11.0 Å². The molecule has 1 atom stereocenters. The average molecular weight is 262 g/mol. The van der Waals surface area contributed by atoms with Gasteiger partial charge in [-0.15, -0.1) is 0 Å². The van der Waals surface area contributed by atoms with Crippen LogP contribution in [0.4, 0.5) is 11.6 Å². The number of nitrogens with zero attached hydrogens (tertiary/aromatic N) is 3. The summed E-state index contributed by atoms with van der Waals surface area (Å²) in [5.74, 6) is 0.0303. The van der Waals surface area contributed by atoms with Crippen LogP contribution in [0.2, 0.25) is 0 Å². The number of benzene rings is 1. The van der Waals surface area contributed by atoms with Crippen molar-refractivity contribution in [1.82, 2.24) is 9.55 Å². The fourth-order valence-corrected chi connectivity index (χ4v) is 1.74. The van der Waals surface area contributed by atoms with Crippen LogP contribution in [0.15, 0.2) is 36.7 Å². The van der Waals surface area contributed by atoms with E-state index in [0.717, 1.165) is 5.56 Å². The molecule has 0 saturated heterocycles. The number of imidazole rings is 1. The lowest BCUT2D eigenvalue weighted by atomic mass is 10.1. The second-order valence-corrected chi connectivity index (χ2v) is 4.09. The van der Waals surface area contributed by atoms with Gasteiger partial charge in [0.25, 0.3) is 0 Å². The Morgan fingerprint density at radius 2 is 2.16 bits per heavy atom. The van der Waals surface area contributed by atoms with Gasteiger partial charge < -0.3 is 20.5 Å². The molecule has 1 heterocycles. The van der Waals surface area contributed by atoms with Gasteiger partial charge in [-0.05, 0) is 15.5 Å². The summed E-state index contributed by atoms with van der Waals surface area (Å²) < 4.78 is 1.51. The van der Waals surface area contributed by atoms with Crippen molar-refractivity contribution in [2.75, 3.05) is 11.9 Å². The normalized spacial score (nSPS) is 12.1. The molecule has 0 fully saturated rings. The minimum Gasteiger partial charge on any atom is -0.387 e. The molecule has 19 heavy (non-hydrogen) atoms. The van der Waals surface area contributed by atoms with Gasteiger partial charge in [0, 0.05) is 13.6 Å². The lowest BCUT2D eigenvalue weighted by molar-refractivity contribution is -0.388. The van der Waals surface area contributed by atoms with E-state index in [1.807, 2.05) is 18.2 Å². The molecule has 1 aromatic carbocycles. The lowest BCUT2D eigenvalue weighted by Gasteiger charge is -2.12. The third-order valence-corrected chi connectivity index (χ3v) is 2.74. The first-order valence-electron chi connectivity index (χ1n) is 5.72. The van der Waals surface area contributed by atoms with Crippen LogP contribution in [-0.4, -0.2) is 26.1 Å². The molecule has 0 saturated carbocycles. The van der Waals surface area contributed by atoms with Gasteiger partial charge in [0.1, 0.15) is 0 Å². The molecular weight excluding hydrogens is 248 g/mol. The summed E-state index contributed by atoms with van der Waals surface area (Å²) in [5, 5.41) is 23.6. The van der Waals surface area contributed by atoms with Gasteiger partial charge in [0.2, 0.25) is 12.1 Å². The molecule has 7 heteroatoms. The number of aliphatic hydroxyl groups excluding tert-OH is 1. The molecule has 0 aliphatic heterocycles. The maximum atomic E-state index is 10.8. The minimum atomic E-state index is -0.740. The maximum Gasteiger partial charge on any atom is 0.406 e. The molecule has 1 unspecified atom stereocenters. The molecular formula is C12H14N4O3. The maximum absolute atomic E-state index is 10.8. The second kappa shape index (κ2) is 5.49. The predicted octanol–water partition coefficient (Wildman–Crippen LogP) is 1.47. The van der Waals surface area contributed by atoms with E-state index in [0.29, 0.717) is 0 Å². The smallest absolute Gasteiger partial charge is 0.387 e. The van der Waals surface area contributed by atoms with Crippen LogP contribution < -0.4 is 5.32 Å². The summed E-state index contributed by atoms with van der Waals surface area (Å²) in [5.41, 5.74) is 0.750. The van der Waals surface area contributed by atoms with E-state index >= 15 is 0 Å². The monoisotopic (exact) mass is 262 g/mol. The second-order valence-electron chi connectivity index (χ2n) is 4.09. The molecule has 7 nitrogen and oxygen atoms in total. The highest BCUT2D eigenvalue weighted by Gasteiger charge is 2.20. The fraction of sp³-hybridized carbons (Fsp3) is 0.250. The largest absolute Gasteiger partial charge is 0.406 e. The summed E-state index contributed by atoms with van der Waals surface area (Å²) in [7, 11) is 1.65. The Labute approximate surface area is 109 Å². The highest BCUT2D eigenvalue weighted by molar-refractivity contribution is 5.52. The van der Waals surface area contributed by atoms with E-state index in [1.165, 1.54) is 10.9 Å². The fourth-order valence-electron chi connectivity index (χ4n) is 1.74. The zero-order valence-corrected chi connectivity index (χ0v) is 10.4. The highest BCUT2D eigenvalue weighted by atomic mass is 16.6. The highest BCUT2D eigenvalue weighted by Crippen LogP contribution is 2.22. The van der Waals surface area contributed by atoms with Crippen LogP contribution in [0.25, 0.3) is 0 Å². The average Bonchev–Trinajstić information content (AvgIpc) is 2.78. The molecule has 100 valence electrons. The van der Waals surface area contributed by atoms with Crippen molar-refractivity contribution in [3.8, 4) is 0 Å². The Kier molecular flexibility index (Phi) is 3.76. The van der Waals surface area contributed by atoms with Gasteiger partial charge in [-0.3, -0.25) is 4.57 Å². The minimum absolute atomic E-state index is 0.171. The van der Waals surface area contributed by atoms with E-state index in [1.54, 1.807) is 19.2 Å². The first-order valence-corrected chi connectivity index (χ1v) is 5.72. The predicted molar refractivity (Wildman–Crippen MR) is 69.8 cm³/mol. The van der Waals surface area contributed by atoms with Crippen molar-refractivity contribution in [2.24, 2.45) is 7.05 Å². The van der Waals surface area contributed by atoms with Crippen molar-refractivity contribution in [3.63, 3.8) is 0 Å². The Hall–Kier alpha value is -2.41. The number of hydrogen-bond donors (Lipinski definition) is 2. The quantitative estimate of drug-likeness (QED) is 0.628. The number of hydrogen-bond acceptors (Lipinski definition) is 5. The van der Waals surface area contributed by atoms with Crippen molar-refractivity contribution >= 4 is 11.6 Å². The zero-order chi connectivity index (χ0) is 13.8. The van der Waals surface area contributed by atoms with Crippen LogP contribution >= 0.6 is 0 Å². The summed E-state index contributed by atoms with van der Waals surface area (Å²) in [6.45, 7) is 0.171. The number of aromatic nitrogens is 2. The van der Waals surface area contributed by atoms with Crippen LogP contribution in [0.1, 0.15) is 11.7 Å². The molecule has 1 aromatic heterocycles. The molecule has 2 aromatic rings. The van der Waals surface area contributed by atoms with Crippen LogP contribution in [0.3, 0.4) is 0 Å². The van der Waals surface area contributed by atoms with Crippen LogP contribution in [0, 0.1) is 10.1 Å². The number of nitrogens with one attached hydrogen (secondary N) is 1. The number of anilines is 1. The van der Waals surface area contributed by atoms with Gasteiger partial charge in [-0.1, -0.05) is 30.3 Å². The third-order valence-electron chi connectivity index (χ3n) is 2.74. The molecule has 0 aliphatic carbocycles. The molecule has 0 radical (unpaired) electrons. The Balaban J connectivity index is 2.07. The zero-order valence-electron chi connectivity index (χ0n) is 10.4. The molecule has 0 aliphatic rings.